The van der Waals surface area contributed by atoms with Crippen LogP contribution < -0.4 is 10.1 Å². The maximum atomic E-state index is 12.8. The molecule has 0 bridgehead atoms. The fraction of sp³-hybridized carbons (Fsp3) is 0.176. The third kappa shape index (κ3) is 5.92. The molecule has 0 radical (unpaired) electrons. The van der Waals surface area contributed by atoms with E-state index in [1.807, 2.05) is 0 Å². The summed E-state index contributed by atoms with van der Waals surface area (Å²) in [6.45, 7) is 0.962. The molecule has 0 fully saturated rings. The van der Waals surface area contributed by atoms with E-state index < -0.39 is 30.4 Å². The number of carbonyl (C=O) groups is 2. The Morgan fingerprint density at radius 2 is 1.84 bits per heavy atom. The molecule has 5 nitrogen and oxygen atoms in total. The van der Waals surface area contributed by atoms with Gasteiger partial charge in [-0.05, 0) is 49.4 Å². The zero-order valence-electron chi connectivity index (χ0n) is 13.1. The molecule has 0 saturated heterocycles. The molecule has 2 aromatic rings. The Balaban J connectivity index is 1.82. The van der Waals surface area contributed by atoms with Crippen molar-refractivity contribution in [1.29, 1.82) is 0 Å². The number of nitrogens with one attached hydrogen (secondary N) is 1. The Morgan fingerprint density at radius 3 is 2.48 bits per heavy atom. The van der Waals surface area contributed by atoms with Crippen LogP contribution in [0.2, 0.25) is 10.0 Å². The van der Waals surface area contributed by atoms with Crippen LogP contribution >= 0.6 is 23.2 Å². The van der Waals surface area contributed by atoms with Gasteiger partial charge in [0.05, 0.1) is 5.02 Å². The smallest absolute Gasteiger partial charge is 0.347 e. The normalized spacial score (nSPS) is 11.5. The molecule has 0 aliphatic rings. The number of anilines is 1. The van der Waals surface area contributed by atoms with Crippen LogP contribution in [-0.2, 0) is 14.3 Å². The van der Waals surface area contributed by atoms with Crippen molar-refractivity contribution in [2.24, 2.45) is 0 Å². The summed E-state index contributed by atoms with van der Waals surface area (Å²) < 4.78 is 23.0. The van der Waals surface area contributed by atoms with Gasteiger partial charge in [0.2, 0.25) is 0 Å². The van der Waals surface area contributed by atoms with Gasteiger partial charge in [-0.15, -0.1) is 0 Å². The number of amides is 1. The van der Waals surface area contributed by atoms with Gasteiger partial charge in [0, 0.05) is 10.7 Å². The first-order valence-electron chi connectivity index (χ1n) is 7.19. The van der Waals surface area contributed by atoms with Crippen molar-refractivity contribution in [2.45, 2.75) is 13.0 Å². The van der Waals surface area contributed by atoms with Gasteiger partial charge in [-0.2, -0.15) is 0 Å². The van der Waals surface area contributed by atoms with E-state index in [2.05, 4.69) is 5.32 Å². The Morgan fingerprint density at radius 1 is 1.16 bits per heavy atom. The highest BCUT2D eigenvalue weighted by Gasteiger charge is 2.19. The lowest BCUT2D eigenvalue weighted by Gasteiger charge is -2.15. The predicted octanol–water partition coefficient (Wildman–Crippen LogP) is 4.08. The number of carbonyl (C=O) groups excluding carboxylic acids is 2. The number of hydrogen-bond acceptors (Lipinski definition) is 4. The Labute approximate surface area is 153 Å². The second-order valence-corrected chi connectivity index (χ2v) is 5.84. The number of hydrogen-bond donors (Lipinski definition) is 1. The van der Waals surface area contributed by atoms with E-state index in [1.54, 1.807) is 6.07 Å². The largest absolute Gasteiger partial charge is 0.477 e. The predicted molar refractivity (Wildman–Crippen MR) is 92.5 cm³/mol. The maximum absolute atomic E-state index is 12.8. The van der Waals surface area contributed by atoms with Crippen molar-refractivity contribution < 1.29 is 23.5 Å². The van der Waals surface area contributed by atoms with Crippen molar-refractivity contribution in [2.75, 3.05) is 11.9 Å². The van der Waals surface area contributed by atoms with E-state index in [-0.39, 0.29) is 10.8 Å². The number of benzene rings is 2. The van der Waals surface area contributed by atoms with Gasteiger partial charge in [0.25, 0.3) is 5.91 Å². The Hall–Kier alpha value is -2.31. The number of esters is 1. The summed E-state index contributed by atoms with van der Waals surface area (Å²) in [6.07, 6.45) is -0.975. The lowest BCUT2D eigenvalue weighted by atomic mass is 10.3. The molecular weight excluding hydrogens is 372 g/mol. The van der Waals surface area contributed by atoms with Gasteiger partial charge in [-0.3, -0.25) is 4.79 Å². The van der Waals surface area contributed by atoms with Crippen LogP contribution in [0.25, 0.3) is 0 Å². The quantitative estimate of drug-likeness (QED) is 0.760. The third-order valence-electron chi connectivity index (χ3n) is 3.00. The lowest BCUT2D eigenvalue weighted by molar-refractivity contribution is -0.153. The third-order valence-corrected chi connectivity index (χ3v) is 3.53. The number of rotatable bonds is 6. The van der Waals surface area contributed by atoms with Crippen LogP contribution in [0.3, 0.4) is 0 Å². The van der Waals surface area contributed by atoms with E-state index in [1.165, 1.54) is 43.3 Å². The molecule has 2 rings (SSSR count). The van der Waals surface area contributed by atoms with Gasteiger partial charge in [-0.1, -0.05) is 23.2 Å². The molecule has 1 atom stereocenters. The first-order chi connectivity index (χ1) is 11.8. The maximum Gasteiger partial charge on any atom is 0.347 e. The minimum absolute atomic E-state index is 0.251. The number of ether oxygens (including phenoxy) is 2. The fourth-order valence-electron chi connectivity index (χ4n) is 1.79. The first-order valence-corrected chi connectivity index (χ1v) is 7.94. The molecule has 0 aromatic heterocycles. The van der Waals surface area contributed by atoms with Crippen molar-refractivity contribution in [1.82, 2.24) is 0 Å². The van der Waals surface area contributed by atoms with Crippen LogP contribution in [0.15, 0.2) is 42.5 Å². The summed E-state index contributed by atoms with van der Waals surface area (Å²) in [7, 11) is 0. The van der Waals surface area contributed by atoms with Crippen molar-refractivity contribution in [3.63, 3.8) is 0 Å². The average Bonchev–Trinajstić information content (AvgIpc) is 2.57. The van der Waals surface area contributed by atoms with Crippen LogP contribution in [0.4, 0.5) is 10.1 Å². The Bertz CT molecular complexity index is 768. The summed E-state index contributed by atoms with van der Waals surface area (Å²) >= 11 is 11.7. The first kappa shape index (κ1) is 19.0. The molecule has 0 spiro atoms. The minimum atomic E-state index is -0.975. The van der Waals surface area contributed by atoms with E-state index in [0.717, 1.165) is 0 Å². The summed E-state index contributed by atoms with van der Waals surface area (Å²) in [5, 5.41) is 3.16. The van der Waals surface area contributed by atoms with E-state index >= 15 is 0 Å². The molecule has 0 heterocycles. The summed E-state index contributed by atoms with van der Waals surface area (Å²) in [6, 6.07) is 9.76. The SMILES string of the molecule is C[C@@H](Oc1ccc(Cl)cc1Cl)C(=O)OCC(=O)Nc1ccc(F)cc1. The highest BCUT2D eigenvalue weighted by molar-refractivity contribution is 6.35. The molecule has 25 heavy (non-hydrogen) atoms. The van der Waals surface area contributed by atoms with Crippen LogP contribution in [0.1, 0.15) is 6.92 Å². The van der Waals surface area contributed by atoms with Crippen LogP contribution in [0, 0.1) is 5.82 Å². The van der Waals surface area contributed by atoms with Gasteiger partial charge in [0.1, 0.15) is 11.6 Å². The van der Waals surface area contributed by atoms with Gasteiger partial charge >= 0.3 is 5.97 Å². The fourth-order valence-corrected chi connectivity index (χ4v) is 2.25. The minimum Gasteiger partial charge on any atom is -0.477 e. The van der Waals surface area contributed by atoms with Crippen molar-refractivity contribution >= 4 is 40.8 Å². The second kappa shape index (κ2) is 8.69. The number of halogens is 3. The summed E-state index contributed by atoms with van der Waals surface area (Å²) in [5.41, 5.74) is 0.389. The Kier molecular flexibility index (Phi) is 6.61. The van der Waals surface area contributed by atoms with E-state index in [0.29, 0.717) is 10.7 Å². The van der Waals surface area contributed by atoms with Crippen molar-refractivity contribution in [3.05, 3.63) is 58.3 Å². The highest BCUT2D eigenvalue weighted by Crippen LogP contribution is 2.28. The molecule has 0 unspecified atom stereocenters. The standard InChI is InChI=1S/C17H14Cl2FNO4/c1-10(25-15-7-2-11(18)8-14(15)19)17(23)24-9-16(22)21-13-5-3-12(20)4-6-13/h2-8,10H,9H2,1H3,(H,21,22)/t10-/m1/s1. The molecular formula is C17H14Cl2FNO4. The van der Waals surface area contributed by atoms with Crippen LogP contribution in [0.5, 0.6) is 5.75 Å². The molecule has 1 amide bonds. The van der Waals surface area contributed by atoms with Crippen molar-refractivity contribution in [3.8, 4) is 5.75 Å². The highest BCUT2D eigenvalue weighted by atomic mass is 35.5. The van der Waals surface area contributed by atoms with Gasteiger partial charge in [0.15, 0.2) is 12.7 Å². The van der Waals surface area contributed by atoms with E-state index in [4.69, 9.17) is 32.7 Å². The molecule has 8 heteroatoms. The molecule has 0 aliphatic heterocycles. The summed E-state index contributed by atoms with van der Waals surface area (Å²) in [5.74, 6) is -1.44. The second-order valence-electron chi connectivity index (χ2n) is 5.00. The van der Waals surface area contributed by atoms with Gasteiger partial charge < -0.3 is 14.8 Å². The molecule has 132 valence electrons. The lowest BCUT2D eigenvalue weighted by Crippen LogP contribution is -2.29. The molecule has 1 N–H and O–H groups in total. The zero-order valence-corrected chi connectivity index (χ0v) is 14.6. The monoisotopic (exact) mass is 385 g/mol. The summed E-state index contributed by atoms with van der Waals surface area (Å²) in [4.78, 5) is 23.6. The molecule has 0 aliphatic carbocycles. The average molecular weight is 386 g/mol. The van der Waals surface area contributed by atoms with E-state index in [9.17, 15) is 14.0 Å². The zero-order chi connectivity index (χ0) is 18.4. The topological polar surface area (TPSA) is 64.6 Å². The van der Waals surface area contributed by atoms with Crippen LogP contribution in [-0.4, -0.2) is 24.6 Å². The molecule has 2 aromatic carbocycles. The van der Waals surface area contributed by atoms with Gasteiger partial charge in [-0.25, -0.2) is 9.18 Å². The molecule has 0 saturated carbocycles.